The minimum Gasteiger partial charge on any atom is -0.336 e. The summed E-state index contributed by atoms with van der Waals surface area (Å²) in [5, 5.41) is 5.61. The third-order valence-electron chi connectivity index (χ3n) is 4.66. The number of rotatable bonds is 2. The van der Waals surface area contributed by atoms with Crippen molar-refractivity contribution in [1.29, 1.82) is 0 Å². The van der Waals surface area contributed by atoms with Crippen molar-refractivity contribution in [1.82, 2.24) is 19.8 Å². The predicted molar refractivity (Wildman–Crippen MR) is 93.8 cm³/mol. The number of nitrogens with zero attached hydrogens (tertiary/aromatic N) is 3. The fourth-order valence-corrected chi connectivity index (χ4v) is 3.36. The summed E-state index contributed by atoms with van der Waals surface area (Å²) < 4.78 is 1.98. The molecule has 1 N–H and O–H groups in total. The van der Waals surface area contributed by atoms with Crippen LogP contribution in [0.1, 0.15) is 22.2 Å². The Morgan fingerprint density at radius 1 is 1.21 bits per heavy atom. The van der Waals surface area contributed by atoms with Crippen molar-refractivity contribution in [2.24, 2.45) is 7.05 Å². The number of fused-ring (bicyclic) bond motifs is 1. The van der Waals surface area contributed by atoms with Crippen LogP contribution >= 0.6 is 0 Å². The molecule has 1 unspecified atom stereocenters. The van der Waals surface area contributed by atoms with Crippen molar-refractivity contribution in [2.45, 2.75) is 6.04 Å². The van der Waals surface area contributed by atoms with E-state index in [9.17, 15) is 4.79 Å². The fourth-order valence-electron chi connectivity index (χ4n) is 3.36. The van der Waals surface area contributed by atoms with Gasteiger partial charge in [-0.05, 0) is 22.9 Å². The van der Waals surface area contributed by atoms with Gasteiger partial charge in [-0.1, -0.05) is 30.3 Å². The fraction of sp³-hybridized carbons (Fsp3) is 0.263. The van der Waals surface area contributed by atoms with Crippen LogP contribution in [0.4, 0.5) is 0 Å². The highest BCUT2D eigenvalue weighted by Crippen LogP contribution is 2.24. The molecule has 5 heteroatoms. The van der Waals surface area contributed by atoms with E-state index in [4.69, 9.17) is 0 Å². The monoisotopic (exact) mass is 320 g/mol. The number of hydrogen-bond acceptors (Lipinski definition) is 3. The third-order valence-corrected chi connectivity index (χ3v) is 4.66. The van der Waals surface area contributed by atoms with Crippen LogP contribution < -0.4 is 5.32 Å². The maximum atomic E-state index is 13.1. The lowest BCUT2D eigenvalue weighted by atomic mass is 10.0. The van der Waals surface area contributed by atoms with E-state index in [1.165, 1.54) is 0 Å². The number of carbonyl (C=O) groups is 1. The lowest BCUT2D eigenvalue weighted by Gasteiger charge is -2.35. The van der Waals surface area contributed by atoms with E-state index in [2.05, 4.69) is 16.4 Å². The van der Waals surface area contributed by atoms with Crippen LogP contribution in [-0.2, 0) is 7.05 Å². The van der Waals surface area contributed by atoms with E-state index >= 15 is 0 Å². The smallest absolute Gasteiger partial charge is 0.254 e. The summed E-state index contributed by atoms with van der Waals surface area (Å²) in [6.45, 7) is 2.22. The van der Waals surface area contributed by atoms with Crippen molar-refractivity contribution in [3.63, 3.8) is 0 Å². The van der Waals surface area contributed by atoms with E-state index in [1.807, 2.05) is 59.1 Å². The largest absolute Gasteiger partial charge is 0.336 e. The Bertz CT molecular complexity index is 886. The van der Waals surface area contributed by atoms with Gasteiger partial charge < -0.3 is 14.8 Å². The van der Waals surface area contributed by atoms with Gasteiger partial charge in [0.05, 0.1) is 0 Å². The zero-order valence-corrected chi connectivity index (χ0v) is 13.6. The van der Waals surface area contributed by atoms with Crippen LogP contribution in [0.25, 0.3) is 10.8 Å². The number of aryl methyl sites for hydroxylation is 1. The second kappa shape index (κ2) is 6.09. The minimum absolute atomic E-state index is 0.0438. The molecule has 1 aliphatic heterocycles. The molecule has 122 valence electrons. The molecular formula is C19H20N4O. The van der Waals surface area contributed by atoms with Gasteiger partial charge in [-0.15, -0.1) is 0 Å². The Hall–Kier alpha value is -2.66. The molecule has 1 amide bonds. The maximum absolute atomic E-state index is 13.1. The predicted octanol–water partition coefficient (Wildman–Crippen LogP) is 2.36. The van der Waals surface area contributed by atoms with Gasteiger partial charge in [0.1, 0.15) is 11.9 Å². The second-order valence-electron chi connectivity index (χ2n) is 6.18. The van der Waals surface area contributed by atoms with E-state index in [1.54, 1.807) is 6.20 Å². The molecule has 1 atom stereocenters. The van der Waals surface area contributed by atoms with Crippen molar-refractivity contribution in [3.05, 3.63) is 66.2 Å². The number of benzene rings is 2. The molecule has 1 fully saturated rings. The number of nitrogens with one attached hydrogen (secondary N) is 1. The Morgan fingerprint density at radius 3 is 2.83 bits per heavy atom. The molecule has 3 aromatic rings. The average molecular weight is 320 g/mol. The highest BCUT2D eigenvalue weighted by Gasteiger charge is 2.31. The molecule has 5 nitrogen and oxygen atoms in total. The standard InChI is InChI=1S/C19H20N4O/c1-22-10-9-21-18(22)17-13-20-8-11-23(17)19(24)16-7-6-14-4-2-3-5-15(14)12-16/h2-7,9-10,12,17,20H,8,11,13H2,1H3. The van der Waals surface area contributed by atoms with Crippen LogP contribution in [0.15, 0.2) is 54.9 Å². The first-order valence-corrected chi connectivity index (χ1v) is 8.22. The normalized spacial score (nSPS) is 18.0. The number of aromatic nitrogens is 2. The molecular weight excluding hydrogens is 300 g/mol. The molecule has 2 heterocycles. The van der Waals surface area contributed by atoms with Crippen molar-refractivity contribution < 1.29 is 4.79 Å². The summed E-state index contributed by atoms with van der Waals surface area (Å²) in [6, 6.07) is 14.0. The molecule has 1 saturated heterocycles. The summed E-state index contributed by atoms with van der Waals surface area (Å²) in [5.74, 6) is 0.978. The van der Waals surface area contributed by atoms with Crippen LogP contribution in [0.3, 0.4) is 0 Å². The lowest BCUT2D eigenvalue weighted by molar-refractivity contribution is 0.0621. The Labute approximate surface area is 140 Å². The molecule has 1 aliphatic rings. The number of amides is 1. The van der Waals surface area contributed by atoms with Gasteiger partial charge in [-0.2, -0.15) is 0 Å². The van der Waals surface area contributed by atoms with Crippen LogP contribution in [-0.4, -0.2) is 40.0 Å². The van der Waals surface area contributed by atoms with Crippen LogP contribution in [0.2, 0.25) is 0 Å². The van der Waals surface area contributed by atoms with Gasteiger partial charge in [0, 0.05) is 44.6 Å². The number of imidazole rings is 1. The van der Waals surface area contributed by atoms with E-state index < -0.39 is 0 Å². The molecule has 0 bridgehead atoms. The first-order valence-electron chi connectivity index (χ1n) is 8.22. The Kier molecular flexibility index (Phi) is 3.78. The zero-order valence-electron chi connectivity index (χ0n) is 13.6. The van der Waals surface area contributed by atoms with Crippen molar-refractivity contribution in [3.8, 4) is 0 Å². The molecule has 0 radical (unpaired) electrons. The lowest BCUT2D eigenvalue weighted by Crippen LogP contribution is -2.49. The van der Waals surface area contributed by atoms with E-state index in [0.29, 0.717) is 6.54 Å². The van der Waals surface area contributed by atoms with Gasteiger partial charge in [0.25, 0.3) is 5.91 Å². The zero-order chi connectivity index (χ0) is 16.5. The number of carbonyl (C=O) groups excluding carboxylic acids is 1. The first kappa shape index (κ1) is 14.9. The summed E-state index contributed by atoms with van der Waals surface area (Å²) in [4.78, 5) is 19.5. The molecule has 0 aliphatic carbocycles. The topological polar surface area (TPSA) is 50.2 Å². The summed E-state index contributed by atoms with van der Waals surface area (Å²) in [5.41, 5.74) is 0.731. The quantitative estimate of drug-likeness (QED) is 0.788. The highest BCUT2D eigenvalue weighted by atomic mass is 16.2. The highest BCUT2D eigenvalue weighted by molar-refractivity contribution is 5.98. The maximum Gasteiger partial charge on any atom is 0.254 e. The molecule has 0 saturated carbocycles. The molecule has 1 aromatic heterocycles. The van der Waals surface area contributed by atoms with Gasteiger partial charge in [-0.3, -0.25) is 4.79 Å². The first-order chi connectivity index (χ1) is 11.7. The minimum atomic E-state index is -0.0438. The Morgan fingerprint density at radius 2 is 2.04 bits per heavy atom. The summed E-state index contributed by atoms with van der Waals surface area (Å²) in [6.07, 6.45) is 3.70. The average Bonchev–Trinajstić information content (AvgIpc) is 3.06. The van der Waals surface area contributed by atoms with Crippen molar-refractivity contribution >= 4 is 16.7 Å². The van der Waals surface area contributed by atoms with E-state index in [-0.39, 0.29) is 11.9 Å². The Balaban J connectivity index is 1.69. The molecule has 0 spiro atoms. The second-order valence-corrected chi connectivity index (χ2v) is 6.18. The van der Waals surface area contributed by atoms with Crippen LogP contribution in [0.5, 0.6) is 0 Å². The summed E-state index contributed by atoms with van der Waals surface area (Å²) >= 11 is 0. The van der Waals surface area contributed by atoms with Gasteiger partial charge in [-0.25, -0.2) is 4.98 Å². The molecule has 4 rings (SSSR count). The number of piperazine rings is 1. The third kappa shape index (κ3) is 2.57. The van der Waals surface area contributed by atoms with Gasteiger partial charge >= 0.3 is 0 Å². The molecule has 24 heavy (non-hydrogen) atoms. The van der Waals surface area contributed by atoms with Crippen LogP contribution in [0, 0.1) is 0 Å². The molecule has 2 aromatic carbocycles. The van der Waals surface area contributed by atoms with Crippen molar-refractivity contribution in [2.75, 3.05) is 19.6 Å². The van der Waals surface area contributed by atoms with Gasteiger partial charge in [0.15, 0.2) is 0 Å². The van der Waals surface area contributed by atoms with E-state index in [0.717, 1.165) is 35.2 Å². The number of hydrogen-bond donors (Lipinski definition) is 1. The van der Waals surface area contributed by atoms with Gasteiger partial charge in [0.2, 0.25) is 0 Å². The summed E-state index contributed by atoms with van der Waals surface area (Å²) in [7, 11) is 1.97. The SMILES string of the molecule is Cn1ccnc1C1CNCCN1C(=O)c1ccc2ccccc2c1.